The van der Waals surface area contributed by atoms with Crippen LogP contribution in [0.25, 0.3) is 0 Å². The SMILES string of the molecule is CC(O)C(NC(=O)C(CCCN=C(N)N)NC(=O)C(N)CCCCN)C(=O)NC(CCC(N)=O)C(=O)O. The largest absolute Gasteiger partial charge is 0.480 e. The minimum atomic E-state index is -1.57. The fraction of sp³-hybridized carbons (Fsp3) is 0.714. The van der Waals surface area contributed by atoms with Gasteiger partial charge in [-0.2, -0.15) is 0 Å². The lowest BCUT2D eigenvalue weighted by atomic mass is 10.1. The number of hydrogen-bond acceptors (Lipinski definition) is 9. The van der Waals surface area contributed by atoms with Crippen molar-refractivity contribution in [3.8, 4) is 0 Å². The second-order valence-corrected chi connectivity index (χ2v) is 8.53. The van der Waals surface area contributed by atoms with Crippen LogP contribution in [-0.4, -0.2) is 89.1 Å². The first-order valence-electron chi connectivity index (χ1n) is 11.9. The van der Waals surface area contributed by atoms with Gasteiger partial charge in [0, 0.05) is 13.0 Å². The molecule has 0 aliphatic carbocycles. The molecule has 0 heterocycles. The summed E-state index contributed by atoms with van der Waals surface area (Å²) in [7, 11) is 0. The molecule has 0 spiro atoms. The molecule has 0 aromatic carbocycles. The van der Waals surface area contributed by atoms with Crippen molar-refractivity contribution in [2.24, 2.45) is 33.7 Å². The molecule has 0 saturated heterocycles. The average molecular weight is 532 g/mol. The normalized spacial score (nSPS) is 14.8. The molecule has 0 aromatic heterocycles. The van der Waals surface area contributed by atoms with Crippen molar-refractivity contribution >= 4 is 35.6 Å². The molecule has 0 aliphatic rings. The third kappa shape index (κ3) is 14.6. The van der Waals surface area contributed by atoms with E-state index in [0.717, 1.165) is 0 Å². The lowest BCUT2D eigenvalue weighted by Crippen LogP contribution is -2.59. The molecule has 4 amide bonds. The predicted molar refractivity (Wildman–Crippen MR) is 134 cm³/mol. The first kappa shape index (κ1) is 33.5. The van der Waals surface area contributed by atoms with Crippen LogP contribution < -0.4 is 44.6 Å². The van der Waals surface area contributed by atoms with E-state index in [1.165, 1.54) is 6.92 Å². The maximum absolute atomic E-state index is 13.0. The summed E-state index contributed by atoms with van der Waals surface area (Å²) < 4.78 is 0. The van der Waals surface area contributed by atoms with Gasteiger partial charge in [-0.05, 0) is 45.6 Å². The smallest absolute Gasteiger partial charge is 0.326 e. The van der Waals surface area contributed by atoms with Crippen LogP contribution in [0.4, 0.5) is 0 Å². The molecule has 5 atom stereocenters. The van der Waals surface area contributed by atoms with E-state index in [0.29, 0.717) is 25.8 Å². The number of nitrogens with zero attached hydrogens (tertiary/aromatic N) is 1. The summed E-state index contributed by atoms with van der Waals surface area (Å²) in [6, 6.07) is -5.13. The first-order valence-corrected chi connectivity index (χ1v) is 11.9. The molecule has 15 N–H and O–H groups in total. The van der Waals surface area contributed by atoms with Gasteiger partial charge in [0.05, 0.1) is 12.1 Å². The Morgan fingerprint density at radius 3 is 1.97 bits per heavy atom. The molecule has 0 radical (unpaired) electrons. The molecule has 16 nitrogen and oxygen atoms in total. The van der Waals surface area contributed by atoms with Crippen LogP contribution in [0.3, 0.4) is 0 Å². The Labute approximate surface area is 215 Å². The quantitative estimate of drug-likeness (QED) is 0.0431. The molecule has 212 valence electrons. The molecule has 16 heteroatoms. The number of hydrogen-bond donors (Lipinski definition) is 10. The van der Waals surface area contributed by atoms with Gasteiger partial charge in [0.15, 0.2) is 5.96 Å². The van der Waals surface area contributed by atoms with Crippen molar-refractivity contribution in [3.05, 3.63) is 0 Å². The highest BCUT2D eigenvalue weighted by Gasteiger charge is 2.32. The summed E-state index contributed by atoms with van der Waals surface area (Å²) >= 11 is 0. The number of aliphatic carboxylic acids is 1. The number of primary amides is 1. The molecule has 37 heavy (non-hydrogen) atoms. The van der Waals surface area contributed by atoms with E-state index in [1.807, 2.05) is 0 Å². The van der Waals surface area contributed by atoms with Crippen LogP contribution >= 0.6 is 0 Å². The molecule has 0 aliphatic heterocycles. The predicted octanol–water partition coefficient (Wildman–Crippen LogP) is -4.32. The fourth-order valence-electron chi connectivity index (χ4n) is 3.16. The Balaban J connectivity index is 5.49. The van der Waals surface area contributed by atoms with Crippen LogP contribution in [0.2, 0.25) is 0 Å². The number of aliphatic hydroxyl groups excluding tert-OH is 1. The molecule has 0 saturated carbocycles. The fourth-order valence-corrected chi connectivity index (χ4v) is 3.16. The summed E-state index contributed by atoms with van der Waals surface area (Å²) in [6.45, 7) is 1.81. The number of guanidine groups is 1. The Morgan fingerprint density at radius 2 is 1.46 bits per heavy atom. The summed E-state index contributed by atoms with van der Waals surface area (Å²) in [5, 5.41) is 26.4. The van der Waals surface area contributed by atoms with Crippen molar-refractivity contribution in [1.82, 2.24) is 16.0 Å². The van der Waals surface area contributed by atoms with E-state index in [2.05, 4.69) is 20.9 Å². The number of aliphatic hydroxyl groups is 1. The number of carbonyl (C=O) groups is 5. The molecular weight excluding hydrogens is 490 g/mol. The standard InChI is InChI=1S/C21H41N9O7/c1-11(31)16(19(35)29-14(20(36)37)7-8-15(24)32)30-18(34)13(6-4-10-27-21(25)26)28-17(33)12(23)5-2-3-9-22/h11-14,16,31H,2-10,22-23H2,1H3,(H2,24,32)(H,28,33)(H,29,35)(H,30,34)(H,36,37)(H4,25,26,27). The Kier molecular flexibility index (Phi) is 16.2. The van der Waals surface area contributed by atoms with Gasteiger partial charge in [0.1, 0.15) is 18.1 Å². The maximum atomic E-state index is 13.0. The van der Waals surface area contributed by atoms with Gasteiger partial charge in [0.25, 0.3) is 0 Å². The molecule has 0 fully saturated rings. The maximum Gasteiger partial charge on any atom is 0.326 e. The summed E-state index contributed by atoms with van der Waals surface area (Å²) in [5.74, 6) is -4.78. The summed E-state index contributed by atoms with van der Waals surface area (Å²) in [4.78, 5) is 64.5. The summed E-state index contributed by atoms with van der Waals surface area (Å²) in [6.07, 6.45) is -0.0756. The lowest BCUT2D eigenvalue weighted by Gasteiger charge is -2.26. The van der Waals surface area contributed by atoms with Crippen LogP contribution in [-0.2, 0) is 24.0 Å². The number of nitrogens with one attached hydrogen (secondary N) is 3. The van der Waals surface area contributed by atoms with Gasteiger partial charge in [0.2, 0.25) is 23.6 Å². The van der Waals surface area contributed by atoms with Gasteiger partial charge in [-0.1, -0.05) is 6.42 Å². The molecule has 5 unspecified atom stereocenters. The molecule has 0 rings (SSSR count). The minimum Gasteiger partial charge on any atom is -0.480 e. The molecular formula is C21H41N9O7. The third-order valence-electron chi connectivity index (χ3n) is 5.24. The Morgan fingerprint density at radius 1 is 0.838 bits per heavy atom. The van der Waals surface area contributed by atoms with E-state index < -0.39 is 59.9 Å². The second-order valence-electron chi connectivity index (χ2n) is 8.53. The van der Waals surface area contributed by atoms with Crippen molar-refractivity contribution < 1.29 is 34.2 Å². The minimum absolute atomic E-state index is 0.0639. The monoisotopic (exact) mass is 531 g/mol. The summed E-state index contributed by atoms with van der Waals surface area (Å²) in [5.41, 5.74) is 27.0. The van der Waals surface area contributed by atoms with E-state index in [9.17, 15) is 34.2 Å². The van der Waals surface area contributed by atoms with E-state index in [-0.39, 0.29) is 38.2 Å². The zero-order chi connectivity index (χ0) is 28.5. The average Bonchev–Trinajstić information content (AvgIpc) is 2.80. The number of rotatable bonds is 19. The highest BCUT2D eigenvalue weighted by molar-refractivity contribution is 5.94. The number of unbranched alkanes of at least 4 members (excludes halogenated alkanes) is 1. The van der Waals surface area contributed by atoms with Gasteiger partial charge in [-0.3, -0.25) is 24.2 Å². The third-order valence-corrected chi connectivity index (χ3v) is 5.24. The van der Waals surface area contributed by atoms with Crippen molar-refractivity contribution in [2.45, 2.75) is 82.1 Å². The Bertz CT molecular complexity index is 803. The highest BCUT2D eigenvalue weighted by atomic mass is 16.4. The Hall–Kier alpha value is -3.50. The number of aliphatic imine (C=N–C) groups is 1. The van der Waals surface area contributed by atoms with Crippen LogP contribution in [0, 0.1) is 0 Å². The number of nitrogens with two attached hydrogens (primary N) is 5. The zero-order valence-corrected chi connectivity index (χ0v) is 21.0. The van der Waals surface area contributed by atoms with E-state index in [4.69, 9.17) is 28.7 Å². The highest BCUT2D eigenvalue weighted by Crippen LogP contribution is 2.05. The van der Waals surface area contributed by atoms with Crippen LogP contribution in [0.1, 0.15) is 51.9 Å². The van der Waals surface area contributed by atoms with Crippen LogP contribution in [0.5, 0.6) is 0 Å². The topological polar surface area (TPSA) is 304 Å². The van der Waals surface area contributed by atoms with E-state index in [1.54, 1.807) is 0 Å². The van der Waals surface area contributed by atoms with Gasteiger partial charge < -0.3 is 54.8 Å². The van der Waals surface area contributed by atoms with E-state index >= 15 is 0 Å². The van der Waals surface area contributed by atoms with Crippen LogP contribution in [0.15, 0.2) is 4.99 Å². The van der Waals surface area contributed by atoms with Crippen molar-refractivity contribution in [3.63, 3.8) is 0 Å². The zero-order valence-electron chi connectivity index (χ0n) is 21.0. The first-order chi connectivity index (χ1) is 17.3. The number of amides is 4. The number of carboxylic acids is 1. The lowest BCUT2D eigenvalue weighted by molar-refractivity contribution is -0.143. The van der Waals surface area contributed by atoms with Gasteiger partial charge >= 0.3 is 5.97 Å². The second kappa shape index (κ2) is 17.9. The van der Waals surface area contributed by atoms with Gasteiger partial charge in [-0.25, -0.2) is 4.79 Å². The number of carbonyl (C=O) groups excluding carboxylic acids is 4. The van der Waals surface area contributed by atoms with Crippen molar-refractivity contribution in [1.29, 1.82) is 0 Å². The van der Waals surface area contributed by atoms with Gasteiger partial charge in [-0.15, -0.1) is 0 Å². The molecule has 0 aromatic rings. The molecule has 0 bridgehead atoms. The van der Waals surface area contributed by atoms with Crippen molar-refractivity contribution in [2.75, 3.05) is 13.1 Å². The number of carboxylic acid groups (broad SMARTS) is 1.